The highest BCUT2D eigenvalue weighted by Crippen LogP contribution is 2.21. The predicted octanol–water partition coefficient (Wildman–Crippen LogP) is 1.05. The summed E-state index contributed by atoms with van der Waals surface area (Å²) in [7, 11) is 1.67. The highest BCUT2D eigenvalue weighted by atomic mass is 16.5. The van der Waals surface area contributed by atoms with Crippen LogP contribution < -0.4 is 0 Å². The van der Waals surface area contributed by atoms with E-state index < -0.39 is 0 Å². The average Bonchev–Trinajstić information content (AvgIpc) is 2.56. The Hall–Kier alpha value is -2.34. The number of nitrogens with zero attached hydrogens (tertiary/aromatic N) is 5. The zero-order chi connectivity index (χ0) is 12.0. The van der Waals surface area contributed by atoms with Gasteiger partial charge in [-0.3, -0.25) is 0 Å². The maximum absolute atomic E-state index is 8.97. The highest BCUT2D eigenvalue weighted by molar-refractivity contribution is 5.60. The minimum Gasteiger partial charge on any atom is -0.483 e. The quantitative estimate of drug-likeness (QED) is 0.557. The first-order valence-corrected chi connectivity index (χ1v) is 4.71. The van der Waals surface area contributed by atoms with Crippen LogP contribution in [0.3, 0.4) is 0 Å². The van der Waals surface area contributed by atoms with Gasteiger partial charge in [0.1, 0.15) is 11.6 Å². The minimum absolute atomic E-state index is 0.0981. The maximum Gasteiger partial charge on any atom is 0.176 e. The molecule has 0 aromatic carbocycles. The molecule has 6 heteroatoms. The van der Waals surface area contributed by atoms with E-state index in [4.69, 9.17) is 15.3 Å². The molecule has 6 nitrogen and oxygen atoms in total. The third kappa shape index (κ3) is 2.37. The molecule has 0 saturated heterocycles. The van der Waals surface area contributed by atoms with Gasteiger partial charge in [0.2, 0.25) is 0 Å². The van der Waals surface area contributed by atoms with Gasteiger partial charge in [0.25, 0.3) is 0 Å². The number of aliphatic imine (C=N–C) groups is 1. The zero-order valence-corrected chi connectivity index (χ0v) is 9.14. The van der Waals surface area contributed by atoms with Crippen molar-refractivity contribution >= 4 is 12.2 Å². The normalized spacial score (nSPS) is 10.0. The van der Waals surface area contributed by atoms with Gasteiger partial charge in [-0.05, 0) is 6.92 Å². The standard InChI is InChI=1S/C10H11N5O/c1-3-16-7-13-10-8(6-12)9(4-5-11)14-15(10)2/h7H,3-4H2,1-2H3/b13-7-. The largest absolute Gasteiger partial charge is 0.483 e. The Morgan fingerprint density at radius 1 is 1.56 bits per heavy atom. The molecule has 0 saturated carbocycles. The summed E-state index contributed by atoms with van der Waals surface area (Å²) in [6.07, 6.45) is 1.37. The van der Waals surface area contributed by atoms with E-state index in [0.29, 0.717) is 23.7 Å². The summed E-state index contributed by atoms with van der Waals surface area (Å²) in [5.41, 5.74) is 0.760. The molecule has 16 heavy (non-hydrogen) atoms. The van der Waals surface area contributed by atoms with E-state index in [1.807, 2.05) is 19.1 Å². The van der Waals surface area contributed by atoms with Gasteiger partial charge >= 0.3 is 0 Å². The van der Waals surface area contributed by atoms with Gasteiger partial charge in [-0.2, -0.15) is 20.6 Å². The SMILES string of the molecule is CCO/C=N\c1c(C#N)c(CC#N)nn1C. The molecule has 0 fully saturated rings. The number of aryl methyl sites for hydroxylation is 1. The minimum atomic E-state index is 0.0981. The average molecular weight is 217 g/mol. The smallest absolute Gasteiger partial charge is 0.176 e. The first-order chi connectivity index (χ1) is 7.74. The van der Waals surface area contributed by atoms with Gasteiger partial charge in [-0.25, -0.2) is 4.68 Å². The second-order valence-electron chi connectivity index (χ2n) is 2.91. The monoisotopic (exact) mass is 217 g/mol. The zero-order valence-electron chi connectivity index (χ0n) is 9.14. The van der Waals surface area contributed by atoms with Crippen molar-refractivity contribution < 1.29 is 4.74 Å². The molecule has 1 rings (SSSR count). The van der Waals surface area contributed by atoms with E-state index in [2.05, 4.69) is 10.1 Å². The third-order valence-electron chi connectivity index (χ3n) is 1.86. The van der Waals surface area contributed by atoms with E-state index in [0.717, 1.165) is 0 Å². The lowest BCUT2D eigenvalue weighted by Gasteiger charge is -1.94. The number of ether oxygens (including phenoxy) is 1. The molecule has 0 aliphatic carbocycles. The van der Waals surface area contributed by atoms with Crippen LogP contribution in [0.4, 0.5) is 5.82 Å². The van der Waals surface area contributed by atoms with Crippen LogP contribution in [-0.2, 0) is 18.2 Å². The second kappa shape index (κ2) is 5.52. The Morgan fingerprint density at radius 3 is 2.88 bits per heavy atom. The summed E-state index contributed by atoms with van der Waals surface area (Å²) in [5.74, 6) is 0.404. The van der Waals surface area contributed by atoms with Crippen LogP contribution in [0.5, 0.6) is 0 Å². The lowest BCUT2D eigenvalue weighted by molar-refractivity contribution is 0.343. The molecule has 0 radical (unpaired) electrons. The van der Waals surface area contributed by atoms with E-state index >= 15 is 0 Å². The Labute approximate surface area is 93.4 Å². The van der Waals surface area contributed by atoms with E-state index in [1.165, 1.54) is 11.1 Å². The molecule has 82 valence electrons. The van der Waals surface area contributed by atoms with Crippen molar-refractivity contribution in [3.63, 3.8) is 0 Å². The van der Waals surface area contributed by atoms with Crippen LogP contribution in [-0.4, -0.2) is 22.8 Å². The molecular weight excluding hydrogens is 206 g/mol. The van der Waals surface area contributed by atoms with Gasteiger partial charge in [-0.15, -0.1) is 0 Å². The fraction of sp³-hybridized carbons (Fsp3) is 0.400. The van der Waals surface area contributed by atoms with Crippen molar-refractivity contribution in [2.45, 2.75) is 13.3 Å². The van der Waals surface area contributed by atoms with Crippen LogP contribution in [0.1, 0.15) is 18.2 Å². The van der Waals surface area contributed by atoms with Gasteiger partial charge < -0.3 is 4.74 Å². The van der Waals surface area contributed by atoms with E-state index in [1.54, 1.807) is 7.05 Å². The summed E-state index contributed by atoms with van der Waals surface area (Å²) in [6.45, 7) is 2.34. The topological polar surface area (TPSA) is 87.0 Å². The molecule has 0 aliphatic rings. The lowest BCUT2D eigenvalue weighted by atomic mass is 10.2. The fourth-order valence-electron chi connectivity index (χ4n) is 1.19. The van der Waals surface area contributed by atoms with Gasteiger partial charge in [-0.1, -0.05) is 0 Å². The van der Waals surface area contributed by atoms with Crippen LogP contribution in [0.2, 0.25) is 0 Å². The molecule has 1 heterocycles. The highest BCUT2D eigenvalue weighted by Gasteiger charge is 2.14. The van der Waals surface area contributed by atoms with Crippen molar-refractivity contribution in [3.8, 4) is 12.1 Å². The molecule has 0 spiro atoms. The molecule has 0 N–H and O–H groups in total. The molecule has 0 bridgehead atoms. The Kier molecular flexibility index (Phi) is 4.05. The van der Waals surface area contributed by atoms with Gasteiger partial charge in [0.05, 0.1) is 24.8 Å². The van der Waals surface area contributed by atoms with Crippen molar-refractivity contribution in [2.75, 3.05) is 6.61 Å². The summed E-state index contributed by atoms with van der Waals surface area (Å²) in [5, 5.41) is 21.6. The van der Waals surface area contributed by atoms with Crippen molar-refractivity contribution in [1.82, 2.24) is 9.78 Å². The number of rotatable bonds is 4. The summed E-state index contributed by atoms with van der Waals surface area (Å²) < 4.78 is 6.41. The Morgan fingerprint density at radius 2 is 2.31 bits per heavy atom. The Balaban J connectivity index is 3.09. The van der Waals surface area contributed by atoms with Crippen molar-refractivity contribution in [3.05, 3.63) is 11.3 Å². The molecule has 0 amide bonds. The number of nitriles is 2. The van der Waals surface area contributed by atoms with Crippen molar-refractivity contribution in [2.24, 2.45) is 12.0 Å². The van der Waals surface area contributed by atoms with E-state index in [-0.39, 0.29) is 6.42 Å². The molecule has 1 aromatic rings. The lowest BCUT2D eigenvalue weighted by Crippen LogP contribution is -1.92. The summed E-state index contributed by atoms with van der Waals surface area (Å²) in [4.78, 5) is 3.99. The second-order valence-corrected chi connectivity index (χ2v) is 2.91. The first-order valence-electron chi connectivity index (χ1n) is 4.71. The van der Waals surface area contributed by atoms with E-state index in [9.17, 15) is 0 Å². The van der Waals surface area contributed by atoms with Gasteiger partial charge in [0, 0.05) is 7.05 Å². The molecule has 0 atom stereocenters. The third-order valence-corrected chi connectivity index (χ3v) is 1.86. The van der Waals surface area contributed by atoms with Crippen LogP contribution in [0.15, 0.2) is 4.99 Å². The number of aromatic nitrogens is 2. The molecular formula is C10H11N5O. The predicted molar refractivity (Wildman–Crippen MR) is 57.0 cm³/mol. The van der Waals surface area contributed by atoms with Crippen LogP contribution in [0.25, 0.3) is 0 Å². The maximum atomic E-state index is 8.97. The summed E-state index contributed by atoms with van der Waals surface area (Å²) in [6, 6.07) is 3.95. The number of hydrogen-bond acceptors (Lipinski definition) is 5. The Bertz CT molecular complexity index is 475. The van der Waals surface area contributed by atoms with Gasteiger partial charge in [0.15, 0.2) is 12.2 Å². The van der Waals surface area contributed by atoms with Crippen molar-refractivity contribution in [1.29, 1.82) is 10.5 Å². The molecule has 1 aromatic heterocycles. The molecule has 0 unspecified atom stereocenters. The number of hydrogen-bond donors (Lipinski definition) is 0. The fourth-order valence-corrected chi connectivity index (χ4v) is 1.19. The first kappa shape index (κ1) is 11.7. The van der Waals surface area contributed by atoms with Crippen LogP contribution >= 0.6 is 0 Å². The molecule has 0 aliphatic heterocycles. The van der Waals surface area contributed by atoms with Crippen LogP contribution in [0, 0.1) is 22.7 Å². The summed E-state index contributed by atoms with van der Waals surface area (Å²) >= 11 is 0.